The van der Waals surface area contributed by atoms with E-state index in [0.717, 1.165) is 12.1 Å². The number of alkyl halides is 3. The summed E-state index contributed by atoms with van der Waals surface area (Å²) in [7, 11) is 4.28. The maximum absolute atomic E-state index is 13.3. The maximum Gasteiger partial charge on any atom is 0.416 e. The second kappa shape index (κ2) is 10.6. The zero-order valence-electron chi connectivity index (χ0n) is 21.4. The van der Waals surface area contributed by atoms with Crippen LogP contribution in [-0.4, -0.2) is 37.3 Å². The van der Waals surface area contributed by atoms with Gasteiger partial charge < -0.3 is 19.5 Å². The van der Waals surface area contributed by atoms with Gasteiger partial charge in [-0.3, -0.25) is 0 Å². The monoisotopic (exact) mass is 525 g/mol. The smallest absolute Gasteiger partial charge is 0.416 e. The Bertz CT molecular complexity index is 1510. The summed E-state index contributed by atoms with van der Waals surface area (Å²) in [4.78, 5) is 21.2. The summed E-state index contributed by atoms with van der Waals surface area (Å²) < 4.78 is 55.6. The van der Waals surface area contributed by atoms with Crippen LogP contribution in [0.25, 0.3) is 22.0 Å². The molecule has 0 amide bonds. The molecular formula is C28H26F3N3O4. The number of hydrogen-bond acceptors (Lipinski definition) is 7. The van der Waals surface area contributed by atoms with E-state index in [4.69, 9.17) is 14.2 Å². The number of hydrogen-bond donors (Lipinski definition) is 1. The molecule has 7 nitrogen and oxygen atoms in total. The average Bonchev–Trinajstić information content (AvgIpc) is 2.91. The number of esters is 1. The third kappa shape index (κ3) is 5.34. The van der Waals surface area contributed by atoms with Gasteiger partial charge in [0.1, 0.15) is 28.7 Å². The number of anilines is 1. The minimum Gasteiger partial charge on any atom is -0.496 e. The number of fused-ring (bicyclic) bond motifs is 1. The fraction of sp³-hybridized carbons (Fsp3) is 0.250. The summed E-state index contributed by atoms with van der Waals surface area (Å²) in [6.45, 7) is 3.50. The van der Waals surface area contributed by atoms with Gasteiger partial charge in [-0.15, -0.1) is 0 Å². The number of carbonyl (C=O) groups is 1. The molecule has 1 heterocycles. The molecule has 0 aliphatic heterocycles. The standard InChI is InChI=1S/C28H26F3N3O4/c1-15(17-7-6-8-19(11-17)28(29,30)31)32-26-22-13-21(25(37-4)14-23(22)33-16(2)34-26)18-9-10-20(27(35)38-5)24(12-18)36-3/h6-15H,1-5H3,(H,32,33,34)/t15-/m1/s1. The van der Waals surface area contributed by atoms with Crippen molar-refractivity contribution < 1.29 is 32.2 Å². The van der Waals surface area contributed by atoms with Crippen LogP contribution < -0.4 is 14.8 Å². The predicted molar refractivity (Wildman–Crippen MR) is 138 cm³/mol. The molecule has 0 radical (unpaired) electrons. The first-order valence-electron chi connectivity index (χ1n) is 11.6. The van der Waals surface area contributed by atoms with Crippen molar-refractivity contribution in [3.05, 3.63) is 77.1 Å². The van der Waals surface area contributed by atoms with Gasteiger partial charge in [-0.05, 0) is 55.3 Å². The second-order valence-corrected chi connectivity index (χ2v) is 8.58. The molecule has 198 valence electrons. The average molecular weight is 526 g/mol. The topological polar surface area (TPSA) is 82.6 Å². The van der Waals surface area contributed by atoms with Gasteiger partial charge in [0.15, 0.2) is 0 Å². The van der Waals surface area contributed by atoms with E-state index in [-0.39, 0.29) is 5.56 Å². The molecule has 0 aliphatic rings. The number of benzene rings is 3. The summed E-state index contributed by atoms with van der Waals surface area (Å²) in [6.07, 6.45) is -4.44. The zero-order valence-corrected chi connectivity index (χ0v) is 21.4. The summed E-state index contributed by atoms with van der Waals surface area (Å²) in [5.74, 6) is 1.26. The van der Waals surface area contributed by atoms with Gasteiger partial charge in [-0.2, -0.15) is 13.2 Å². The van der Waals surface area contributed by atoms with E-state index in [0.29, 0.717) is 50.7 Å². The Kier molecular flexibility index (Phi) is 7.43. The lowest BCUT2D eigenvalue weighted by molar-refractivity contribution is -0.137. The van der Waals surface area contributed by atoms with Crippen molar-refractivity contribution in [2.75, 3.05) is 26.6 Å². The molecule has 0 bridgehead atoms. The van der Waals surface area contributed by atoms with Crippen molar-refractivity contribution in [2.24, 2.45) is 0 Å². The minimum absolute atomic E-state index is 0.273. The quantitative estimate of drug-likeness (QED) is 0.272. The van der Waals surface area contributed by atoms with Gasteiger partial charge >= 0.3 is 12.1 Å². The van der Waals surface area contributed by atoms with Crippen LogP contribution in [0.2, 0.25) is 0 Å². The van der Waals surface area contributed by atoms with Crippen molar-refractivity contribution >= 4 is 22.7 Å². The van der Waals surface area contributed by atoms with Crippen molar-refractivity contribution in [2.45, 2.75) is 26.1 Å². The van der Waals surface area contributed by atoms with Gasteiger partial charge in [0.2, 0.25) is 0 Å². The Labute approximate surface area is 217 Å². The van der Waals surface area contributed by atoms with E-state index in [1.165, 1.54) is 27.4 Å². The molecular weight excluding hydrogens is 499 g/mol. The molecule has 4 aromatic rings. The maximum atomic E-state index is 13.3. The summed E-state index contributed by atoms with van der Waals surface area (Å²) in [6, 6.07) is 13.3. The van der Waals surface area contributed by atoms with Crippen molar-refractivity contribution in [1.29, 1.82) is 0 Å². The Morgan fingerprint density at radius 2 is 1.68 bits per heavy atom. The molecule has 0 saturated carbocycles. The van der Waals surface area contributed by atoms with Crippen LogP contribution in [0.3, 0.4) is 0 Å². The number of halogens is 3. The Hall–Kier alpha value is -4.34. The number of aromatic nitrogens is 2. The number of carbonyl (C=O) groups excluding carboxylic acids is 1. The molecule has 1 N–H and O–H groups in total. The molecule has 1 atom stereocenters. The van der Waals surface area contributed by atoms with Crippen LogP contribution in [0.15, 0.2) is 54.6 Å². The first-order chi connectivity index (χ1) is 18.0. The van der Waals surface area contributed by atoms with E-state index < -0.39 is 23.8 Å². The number of nitrogens with zero attached hydrogens (tertiary/aromatic N) is 2. The van der Waals surface area contributed by atoms with Crippen LogP contribution in [0.1, 0.15) is 40.3 Å². The number of nitrogens with one attached hydrogen (secondary N) is 1. The van der Waals surface area contributed by atoms with Crippen LogP contribution in [-0.2, 0) is 10.9 Å². The molecule has 1 aromatic heterocycles. The van der Waals surface area contributed by atoms with Crippen LogP contribution in [0.5, 0.6) is 11.5 Å². The lowest BCUT2D eigenvalue weighted by Gasteiger charge is -2.19. The zero-order chi connectivity index (χ0) is 27.6. The van der Waals surface area contributed by atoms with E-state index in [9.17, 15) is 18.0 Å². The van der Waals surface area contributed by atoms with Crippen LogP contribution >= 0.6 is 0 Å². The molecule has 4 rings (SSSR count). The highest BCUT2D eigenvalue weighted by Crippen LogP contribution is 2.39. The van der Waals surface area contributed by atoms with Crippen LogP contribution in [0.4, 0.5) is 19.0 Å². The lowest BCUT2D eigenvalue weighted by Crippen LogP contribution is -2.12. The van der Waals surface area contributed by atoms with Crippen LogP contribution in [0, 0.1) is 6.92 Å². The molecule has 10 heteroatoms. The van der Waals surface area contributed by atoms with Gasteiger partial charge in [0.05, 0.1) is 32.4 Å². The molecule has 0 aliphatic carbocycles. The minimum atomic E-state index is -4.44. The highest BCUT2D eigenvalue weighted by Gasteiger charge is 2.30. The number of aryl methyl sites for hydroxylation is 1. The molecule has 0 spiro atoms. The van der Waals surface area contributed by atoms with Gasteiger partial charge in [-0.1, -0.05) is 18.2 Å². The third-order valence-corrected chi connectivity index (χ3v) is 6.11. The molecule has 3 aromatic carbocycles. The fourth-order valence-corrected chi connectivity index (χ4v) is 4.19. The second-order valence-electron chi connectivity index (χ2n) is 8.58. The van der Waals surface area contributed by atoms with Gasteiger partial charge in [0, 0.05) is 23.1 Å². The van der Waals surface area contributed by atoms with E-state index >= 15 is 0 Å². The molecule has 0 fully saturated rings. The first-order valence-corrected chi connectivity index (χ1v) is 11.6. The molecule has 38 heavy (non-hydrogen) atoms. The number of methoxy groups -OCH3 is 3. The van der Waals surface area contributed by atoms with E-state index in [1.54, 1.807) is 44.2 Å². The number of rotatable bonds is 7. The van der Waals surface area contributed by atoms with Crippen molar-refractivity contribution in [3.8, 4) is 22.6 Å². The Morgan fingerprint density at radius 1 is 0.947 bits per heavy atom. The highest BCUT2D eigenvalue weighted by atomic mass is 19.4. The van der Waals surface area contributed by atoms with E-state index in [2.05, 4.69) is 15.3 Å². The largest absolute Gasteiger partial charge is 0.496 e. The Morgan fingerprint density at radius 3 is 2.34 bits per heavy atom. The first kappa shape index (κ1) is 26.7. The number of ether oxygens (including phenoxy) is 3. The summed E-state index contributed by atoms with van der Waals surface area (Å²) >= 11 is 0. The lowest BCUT2D eigenvalue weighted by atomic mass is 9.99. The molecule has 0 unspecified atom stereocenters. The highest BCUT2D eigenvalue weighted by molar-refractivity contribution is 5.97. The third-order valence-electron chi connectivity index (χ3n) is 6.11. The van der Waals surface area contributed by atoms with Crippen molar-refractivity contribution in [3.63, 3.8) is 0 Å². The summed E-state index contributed by atoms with van der Waals surface area (Å²) in [5.41, 5.74) is 1.98. The SMILES string of the molecule is COC(=O)c1ccc(-c2cc3c(N[C@H](C)c4cccc(C(F)(F)F)c4)nc(C)nc3cc2OC)cc1OC. The Balaban J connectivity index is 1.81. The van der Waals surface area contributed by atoms with Crippen molar-refractivity contribution in [1.82, 2.24) is 9.97 Å². The molecule has 0 saturated heterocycles. The van der Waals surface area contributed by atoms with Gasteiger partial charge in [-0.25, -0.2) is 14.8 Å². The van der Waals surface area contributed by atoms with Gasteiger partial charge in [0.25, 0.3) is 0 Å². The fourth-order valence-electron chi connectivity index (χ4n) is 4.19. The summed E-state index contributed by atoms with van der Waals surface area (Å²) in [5, 5.41) is 3.89. The van der Waals surface area contributed by atoms with E-state index in [1.807, 2.05) is 6.07 Å². The predicted octanol–water partition coefficient (Wildman–Crippen LogP) is 6.60. The normalized spacial score (nSPS) is 12.2.